The van der Waals surface area contributed by atoms with Crippen molar-refractivity contribution in [3.8, 4) is 11.1 Å². The Bertz CT molecular complexity index is 622. The van der Waals surface area contributed by atoms with Crippen LogP contribution in [0, 0.1) is 5.41 Å². The van der Waals surface area contributed by atoms with E-state index in [1.54, 1.807) is 0 Å². The van der Waals surface area contributed by atoms with E-state index in [0.717, 1.165) is 0 Å². The first-order valence-corrected chi connectivity index (χ1v) is 7.31. The molecule has 2 heteroatoms. The summed E-state index contributed by atoms with van der Waals surface area (Å²) in [4.78, 5) is 11.0. The molecule has 0 spiro atoms. The van der Waals surface area contributed by atoms with Gasteiger partial charge in [0.2, 0.25) is 0 Å². The fourth-order valence-electron chi connectivity index (χ4n) is 3.36. The molecule has 0 saturated carbocycles. The summed E-state index contributed by atoms with van der Waals surface area (Å²) >= 11 is 0. The summed E-state index contributed by atoms with van der Waals surface area (Å²) in [5.41, 5.74) is 4.88. The van der Waals surface area contributed by atoms with Crippen molar-refractivity contribution in [3.05, 3.63) is 59.7 Å². The highest BCUT2D eigenvalue weighted by Crippen LogP contribution is 2.49. The Labute approximate surface area is 125 Å². The molecule has 0 fully saturated rings. The summed E-state index contributed by atoms with van der Waals surface area (Å²) in [6, 6.07) is 16.8. The molecule has 1 aliphatic carbocycles. The van der Waals surface area contributed by atoms with E-state index in [1.807, 2.05) is 0 Å². The lowest BCUT2D eigenvalue weighted by atomic mass is 9.77. The Morgan fingerprint density at radius 1 is 0.952 bits per heavy atom. The third-order valence-corrected chi connectivity index (χ3v) is 4.24. The van der Waals surface area contributed by atoms with Crippen LogP contribution in [0.5, 0.6) is 0 Å². The van der Waals surface area contributed by atoms with Crippen molar-refractivity contribution < 1.29 is 9.53 Å². The predicted molar refractivity (Wildman–Crippen MR) is 84.1 cm³/mol. The number of ether oxygens (including phenoxy) is 1. The summed E-state index contributed by atoms with van der Waals surface area (Å²) in [5.74, 6) is 0.0996. The van der Waals surface area contributed by atoms with Gasteiger partial charge in [0.1, 0.15) is 6.10 Å². The molecule has 1 aliphatic rings. The number of carbonyl (C=O) groups is 1. The van der Waals surface area contributed by atoms with Crippen LogP contribution in [-0.2, 0) is 9.53 Å². The van der Waals surface area contributed by atoms with Crippen molar-refractivity contribution in [1.82, 2.24) is 0 Å². The maximum absolute atomic E-state index is 11.0. The zero-order valence-electron chi connectivity index (χ0n) is 12.7. The molecule has 21 heavy (non-hydrogen) atoms. The third-order valence-electron chi connectivity index (χ3n) is 4.24. The van der Waals surface area contributed by atoms with Gasteiger partial charge in [0.25, 0.3) is 6.47 Å². The van der Waals surface area contributed by atoms with Crippen molar-refractivity contribution >= 4 is 6.47 Å². The molecule has 3 rings (SSSR count). The van der Waals surface area contributed by atoms with E-state index in [4.69, 9.17) is 4.74 Å². The van der Waals surface area contributed by atoms with Crippen molar-refractivity contribution in [2.45, 2.75) is 32.8 Å². The molecule has 0 aliphatic heterocycles. The third kappa shape index (κ3) is 2.25. The van der Waals surface area contributed by atoms with Crippen molar-refractivity contribution in [2.24, 2.45) is 5.41 Å². The summed E-state index contributed by atoms with van der Waals surface area (Å²) in [6.07, 6.45) is -0.181. The van der Waals surface area contributed by atoms with E-state index in [2.05, 4.69) is 69.3 Å². The smallest absolute Gasteiger partial charge is 0.293 e. The molecule has 2 aromatic carbocycles. The minimum atomic E-state index is -0.181. The highest BCUT2D eigenvalue weighted by atomic mass is 16.5. The van der Waals surface area contributed by atoms with E-state index in [9.17, 15) is 4.79 Å². The molecule has 1 unspecified atom stereocenters. The van der Waals surface area contributed by atoms with E-state index in [1.165, 1.54) is 22.3 Å². The minimum absolute atomic E-state index is 0.0996. The van der Waals surface area contributed by atoms with Crippen molar-refractivity contribution in [2.75, 3.05) is 0 Å². The van der Waals surface area contributed by atoms with E-state index >= 15 is 0 Å². The van der Waals surface area contributed by atoms with Crippen molar-refractivity contribution in [3.63, 3.8) is 0 Å². The van der Waals surface area contributed by atoms with Gasteiger partial charge in [0.05, 0.1) is 0 Å². The molecule has 108 valence electrons. The topological polar surface area (TPSA) is 26.3 Å². The molecule has 0 amide bonds. The first-order valence-electron chi connectivity index (χ1n) is 7.31. The van der Waals surface area contributed by atoms with Gasteiger partial charge in [0, 0.05) is 5.92 Å². The van der Waals surface area contributed by atoms with Gasteiger partial charge >= 0.3 is 0 Å². The molecule has 0 N–H and O–H groups in total. The maximum Gasteiger partial charge on any atom is 0.293 e. The summed E-state index contributed by atoms with van der Waals surface area (Å²) < 4.78 is 5.52. The summed E-state index contributed by atoms with van der Waals surface area (Å²) in [7, 11) is 0. The Morgan fingerprint density at radius 2 is 1.43 bits per heavy atom. The second-order valence-electron chi connectivity index (χ2n) is 6.67. The molecule has 0 bridgehead atoms. The van der Waals surface area contributed by atoms with Crippen molar-refractivity contribution in [1.29, 1.82) is 0 Å². The van der Waals surface area contributed by atoms with Crippen LogP contribution in [0.1, 0.15) is 37.8 Å². The quantitative estimate of drug-likeness (QED) is 0.780. The second kappa shape index (κ2) is 5.03. The lowest BCUT2D eigenvalue weighted by Crippen LogP contribution is -2.34. The number of carbonyl (C=O) groups excluding carboxylic acids is 1. The molecule has 0 aromatic heterocycles. The van der Waals surface area contributed by atoms with Crippen LogP contribution < -0.4 is 0 Å². The molecule has 1 atom stereocenters. The lowest BCUT2D eigenvalue weighted by molar-refractivity contribution is -0.139. The fraction of sp³-hybridized carbons (Fsp3) is 0.316. The predicted octanol–water partition coefficient (Wildman–Crippen LogP) is 4.39. The minimum Gasteiger partial charge on any atom is -0.463 e. The van der Waals surface area contributed by atoms with E-state index in [0.29, 0.717) is 6.47 Å². The van der Waals surface area contributed by atoms with Crippen LogP contribution in [0.25, 0.3) is 11.1 Å². The van der Waals surface area contributed by atoms with Gasteiger partial charge in [-0.1, -0.05) is 69.3 Å². The van der Waals surface area contributed by atoms with Crippen LogP contribution in [0.4, 0.5) is 0 Å². The van der Waals surface area contributed by atoms with E-state index in [-0.39, 0.29) is 17.4 Å². The van der Waals surface area contributed by atoms with Gasteiger partial charge in [-0.3, -0.25) is 4.79 Å². The molecule has 0 heterocycles. The highest BCUT2D eigenvalue weighted by molar-refractivity contribution is 5.79. The monoisotopic (exact) mass is 280 g/mol. The second-order valence-corrected chi connectivity index (χ2v) is 6.67. The van der Waals surface area contributed by atoms with Crippen LogP contribution in [0.2, 0.25) is 0 Å². The SMILES string of the molecule is CC(C)(C)C(OC=O)C1c2ccccc2-c2ccccc21. The first kappa shape index (κ1) is 13.9. The first-order chi connectivity index (χ1) is 10.0. The number of benzene rings is 2. The fourth-order valence-corrected chi connectivity index (χ4v) is 3.36. The number of hydrogen-bond acceptors (Lipinski definition) is 2. The van der Waals surface area contributed by atoms with Crippen LogP contribution in [0.15, 0.2) is 48.5 Å². The van der Waals surface area contributed by atoms with Crippen LogP contribution >= 0.6 is 0 Å². The molecule has 2 aromatic rings. The Balaban J connectivity index is 2.20. The average molecular weight is 280 g/mol. The van der Waals surface area contributed by atoms with Gasteiger partial charge in [-0.25, -0.2) is 0 Å². The van der Waals surface area contributed by atoms with Gasteiger partial charge in [-0.15, -0.1) is 0 Å². The van der Waals surface area contributed by atoms with Gasteiger partial charge in [-0.05, 0) is 27.7 Å². The summed E-state index contributed by atoms with van der Waals surface area (Å²) in [6.45, 7) is 6.93. The van der Waals surface area contributed by atoms with Crippen LogP contribution in [-0.4, -0.2) is 12.6 Å². The molecule has 0 saturated heterocycles. The van der Waals surface area contributed by atoms with Gasteiger partial charge in [0.15, 0.2) is 0 Å². The number of hydrogen-bond donors (Lipinski definition) is 0. The lowest BCUT2D eigenvalue weighted by Gasteiger charge is -2.34. The molecule has 0 radical (unpaired) electrons. The summed E-state index contributed by atoms with van der Waals surface area (Å²) in [5, 5.41) is 0. The molecular formula is C19H20O2. The molecule has 2 nitrogen and oxygen atoms in total. The number of fused-ring (bicyclic) bond motifs is 3. The van der Waals surface area contributed by atoms with E-state index < -0.39 is 0 Å². The largest absolute Gasteiger partial charge is 0.463 e. The standard InChI is InChI=1S/C19H20O2/c1-19(2,3)18(21-12-20)17-15-10-6-4-8-13(15)14-9-5-7-11-16(14)17/h4-12,17-18H,1-3H3. The highest BCUT2D eigenvalue weighted by Gasteiger charge is 2.41. The Kier molecular flexibility index (Phi) is 3.32. The van der Waals surface area contributed by atoms with Crippen LogP contribution in [0.3, 0.4) is 0 Å². The normalized spacial score (nSPS) is 15.2. The zero-order valence-corrected chi connectivity index (χ0v) is 12.7. The average Bonchev–Trinajstić information content (AvgIpc) is 2.78. The zero-order chi connectivity index (χ0) is 15.0. The molecular weight excluding hydrogens is 260 g/mol. The number of rotatable bonds is 3. The Hall–Kier alpha value is -2.09. The van der Waals surface area contributed by atoms with Gasteiger partial charge in [-0.2, -0.15) is 0 Å². The van der Waals surface area contributed by atoms with Gasteiger partial charge < -0.3 is 4.74 Å². The maximum atomic E-state index is 11.0. The Morgan fingerprint density at radius 3 is 1.86 bits per heavy atom.